The fraction of sp³-hybridized carbons (Fsp3) is 0.208. The van der Waals surface area contributed by atoms with Crippen molar-refractivity contribution in [2.75, 3.05) is 13.7 Å². The summed E-state index contributed by atoms with van der Waals surface area (Å²) in [6.45, 7) is 1.52. The Labute approximate surface area is 165 Å². The van der Waals surface area contributed by atoms with E-state index >= 15 is 0 Å². The number of ether oxygens (including phenoxy) is 2. The second-order valence-corrected chi connectivity index (χ2v) is 6.73. The molecule has 4 nitrogen and oxygen atoms in total. The summed E-state index contributed by atoms with van der Waals surface area (Å²) >= 11 is 0. The lowest BCUT2D eigenvalue weighted by atomic mass is 10.1. The molecule has 0 radical (unpaired) electrons. The smallest absolute Gasteiger partial charge is 0.122 e. The molecule has 4 heteroatoms. The van der Waals surface area contributed by atoms with Crippen molar-refractivity contribution in [3.05, 3.63) is 90.3 Å². The molecule has 4 aromatic rings. The van der Waals surface area contributed by atoms with E-state index in [0.717, 1.165) is 36.4 Å². The molecule has 4 rings (SSSR count). The Kier molecular flexibility index (Phi) is 5.57. The van der Waals surface area contributed by atoms with Crippen LogP contribution in [-0.4, -0.2) is 23.3 Å². The number of para-hydroxylation sites is 3. The Morgan fingerprint density at radius 1 is 0.857 bits per heavy atom. The highest BCUT2D eigenvalue weighted by Crippen LogP contribution is 2.21. The molecule has 0 aliphatic rings. The quantitative estimate of drug-likeness (QED) is 0.441. The first kappa shape index (κ1) is 18.1. The van der Waals surface area contributed by atoms with Crippen molar-refractivity contribution in [2.24, 2.45) is 0 Å². The Balaban J connectivity index is 1.37. The van der Waals surface area contributed by atoms with Gasteiger partial charge in [0.25, 0.3) is 0 Å². The van der Waals surface area contributed by atoms with Gasteiger partial charge in [-0.05, 0) is 47.9 Å². The molecule has 0 spiro atoms. The number of nitrogens with zero attached hydrogens (tertiary/aromatic N) is 2. The van der Waals surface area contributed by atoms with Gasteiger partial charge in [0.05, 0.1) is 31.1 Å². The first-order valence-corrected chi connectivity index (χ1v) is 9.57. The lowest BCUT2D eigenvalue weighted by molar-refractivity contribution is 0.318. The summed E-state index contributed by atoms with van der Waals surface area (Å²) in [4.78, 5) is 4.47. The summed E-state index contributed by atoms with van der Waals surface area (Å²) in [5, 5.41) is 0. The van der Waals surface area contributed by atoms with Crippen molar-refractivity contribution < 1.29 is 9.47 Å². The molecule has 142 valence electrons. The van der Waals surface area contributed by atoms with E-state index < -0.39 is 0 Å². The van der Waals surface area contributed by atoms with Crippen LogP contribution in [0.3, 0.4) is 0 Å². The van der Waals surface area contributed by atoms with Gasteiger partial charge >= 0.3 is 0 Å². The van der Waals surface area contributed by atoms with Crippen LogP contribution in [0.4, 0.5) is 0 Å². The SMILES string of the molecule is COc1ccc(CCOc2ccccc2CCn2cnc3ccccc32)cc1. The summed E-state index contributed by atoms with van der Waals surface area (Å²) < 4.78 is 13.5. The Bertz CT molecular complexity index is 1040. The van der Waals surface area contributed by atoms with Gasteiger partial charge in [-0.15, -0.1) is 0 Å². The fourth-order valence-corrected chi connectivity index (χ4v) is 3.35. The van der Waals surface area contributed by atoms with Gasteiger partial charge in [-0.25, -0.2) is 4.98 Å². The number of imidazole rings is 1. The highest BCUT2D eigenvalue weighted by Gasteiger charge is 2.06. The molecule has 0 amide bonds. The van der Waals surface area contributed by atoms with Crippen LogP contribution in [-0.2, 0) is 19.4 Å². The molecule has 1 aromatic heterocycles. The van der Waals surface area contributed by atoms with Crippen LogP contribution >= 0.6 is 0 Å². The number of hydrogen-bond acceptors (Lipinski definition) is 3. The zero-order chi connectivity index (χ0) is 19.2. The molecule has 0 saturated carbocycles. The molecule has 3 aromatic carbocycles. The molecule has 0 unspecified atom stereocenters. The summed E-state index contributed by atoms with van der Waals surface area (Å²) in [6.07, 6.45) is 3.68. The highest BCUT2D eigenvalue weighted by atomic mass is 16.5. The minimum atomic E-state index is 0.650. The maximum atomic E-state index is 6.10. The van der Waals surface area contributed by atoms with Crippen molar-refractivity contribution in [3.63, 3.8) is 0 Å². The van der Waals surface area contributed by atoms with E-state index in [-0.39, 0.29) is 0 Å². The second kappa shape index (κ2) is 8.61. The minimum Gasteiger partial charge on any atom is -0.497 e. The zero-order valence-corrected chi connectivity index (χ0v) is 16.0. The first-order valence-electron chi connectivity index (χ1n) is 9.57. The summed E-state index contributed by atoms with van der Waals surface area (Å²) in [5.41, 5.74) is 4.66. The van der Waals surface area contributed by atoms with E-state index in [1.807, 2.05) is 36.7 Å². The van der Waals surface area contributed by atoms with Crippen molar-refractivity contribution in [1.29, 1.82) is 0 Å². The number of fused-ring (bicyclic) bond motifs is 1. The molecule has 0 N–H and O–H groups in total. The van der Waals surface area contributed by atoms with E-state index in [0.29, 0.717) is 6.61 Å². The van der Waals surface area contributed by atoms with Crippen LogP contribution in [0.25, 0.3) is 11.0 Å². The number of aryl methyl sites for hydroxylation is 2. The van der Waals surface area contributed by atoms with Crippen LogP contribution in [0.5, 0.6) is 11.5 Å². The zero-order valence-electron chi connectivity index (χ0n) is 16.0. The predicted molar refractivity (Wildman–Crippen MR) is 112 cm³/mol. The normalized spacial score (nSPS) is 10.9. The molecular formula is C24H24N2O2. The third-order valence-electron chi connectivity index (χ3n) is 4.93. The van der Waals surface area contributed by atoms with Crippen molar-refractivity contribution in [3.8, 4) is 11.5 Å². The summed E-state index contributed by atoms with van der Waals surface area (Å²) in [7, 11) is 1.68. The van der Waals surface area contributed by atoms with Crippen LogP contribution in [0.2, 0.25) is 0 Å². The molecule has 28 heavy (non-hydrogen) atoms. The second-order valence-electron chi connectivity index (χ2n) is 6.73. The lowest BCUT2D eigenvalue weighted by Crippen LogP contribution is -2.05. The summed E-state index contributed by atoms with van der Waals surface area (Å²) in [5.74, 6) is 1.84. The van der Waals surface area contributed by atoms with E-state index in [2.05, 4.69) is 52.0 Å². The third-order valence-corrected chi connectivity index (χ3v) is 4.93. The molecule has 0 aliphatic carbocycles. The van der Waals surface area contributed by atoms with E-state index in [1.54, 1.807) is 7.11 Å². The average Bonchev–Trinajstić information content (AvgIpc) is 3.17. The van der Waals surface area contributed by atoms with Gasteiger partial charge in [-0.1, -0.05) is 42.5 Å². The molecule has 0 saturated heterocycles. The van der Waals surface area contributed by atoms with Gasteiger partial charge < -0.3 is 14.0 Å². The average molecular weight is 372 g/mol. The molecule has 0 atom stereocenters. The van der Waals surface area contributed by atoms with E-state index in [1.165, 1.54) is 16.6 Å². The van der Waals surface area contributed by atoms with Crippen LogP contribution in [0.1, 0.15) is 11.1 Å². The fourth-order valence-electron chi connectivity index (χ4n) is 3.35. The Morgan fingerprint density at radius 2 is 1.64 bits per heavy atom. The Morgan fingerprint density at radius 3 is 2.50 bits per heavy atom. The largest absolute Gasteiger partial charge is 0.497 e. The van der Waals surface area contributed by atoms with Crippen molar-refractivity contribution in [2.45, 2.75) is 19.4 Å². The molecular weight excluding hydrogens is 348 g/mol. The third kappa shape index (κ3) is 4.17. The number of benzene rings is 3. The summed E-state index contributed by atoms with van der Waals surface area (Å²) in [6, 6.07) is 24.6. The Hall–Kier alpha value is -3.27. The van der Waals surface area contributed by atoms with Crippen molar-refractivity contribution >= 4 is 11.0 Å². The van der Waals surface area contributed by atoms with Crippen molar-refractivity contribution in [1.82, 2.24) is 9.55 Å². The molecule has 0 bridgehead atoms. The minimum absolute atomic E-state index is 0.650. The molecule has 0 fully saturated rings. The number of rotatable bonds is 8. The number of hydrogen-bond donors (Lipinski definition) is 0. The monoisotopic (exact) mass is 372 g/mol. The van der Waals surface area contributed by atoms with Crippen LogP contribution < -0.4 is 9.47 Å². The maximum Gasteiger partial charge on any atom is 0.122 e. The standard InChI is InChI=1S/C24H24N2O2/c1-27-21-12-10-19(11-13-21)15-17-28-24-9-5-2-6-20(24)14-16-26-18-25-22-7-3-4-8-23(22)26/h2-13,18H,14-17H2,1H3. The maximum absolute atomic E-state index is 6.10. The van der Waals surface area contributed by atoms with Crippen LogP contribution in [0, 0.1) is 0 Å². The number of methoxy groups -OCH3 is 1. The molecule has 1 heterocycles. The highest BCUT2D eigenvalue weighted by molar-refractivity contribution is 5.74. The number of aromatic nitrogens is 2. The van der Waals surface area contributed by atoms with E-state index in [9.17, 15) is 0 Å². The van der Waals surface area contributed by atoms with Gasteiger partial charge in [0.2, 0.25) is 0 Å². The first-order chi connectivity index (χ1) is 13.8. The van der Waals surface area contributed by atoms with Gasteiger partial charge in [0.1, 0.15) is 11.5 Å². The lowest BCUT2D eigenvalue weighted by Gasteiger charge is -2.12. The van der Waals surface area contributed by atoms with E-state index in [4.69, 9.17) is 9.47 Å². The topological polar surface area (TPSA) is 36.3 Å². The molecule has 0 aliphatic heterocycles. The van der Waals surface area contributed by atoms with Gasteiger partial charge in [0, 0.05) is 13.0 Å². The van der Waals surface area contributed by atoms with Gasteiger partial charge in [-0.3, -0.25) is 0 Å². The van der Waals surface area contributed by atoms with Crippen LogP contribution in [0.15, 0.2) is 79.1 Å². The predicted octanol–water partition coefficient (Wildman–Crippen LogP) is 4.91. The van der Waals surface area contributed by atoms with Gasteiger partial charge in [-0.2, -0.15) is 0 Å². The van der Waals surface area contributed by atoms with Gasteiger partial charge in [0.15, 0.2) is 0 Å².